The van der Waals surface area contributed by atoms with E-state index in [1.807, 2.05) is 97.7 Å². The number of amides is 1. The maximum absolute atomic E-state index is 14.7. The zero-order chi connectivity index (χ0) is 33.2. The molecule has 48 heavy (non-hydrogen) atoms. The normalized spacial score (nSPS) is 14.1. The Balaban J connectivity index is 1.28. The van der Waals surface area contributed by atoms with Gasteiger partial charge in [-0.15, -0.1) is 0 Å². The van der Waals surface area contributed by atoms with Crippen molar-refractivity contribution in [1.82, 2.24) is 14.5 Å². The third-order valence-electron chi connectivity index (χ3n) is 8.85. The highest BCUT2D eigenvalue weighted by Gasteiger charge is 2.32. The number of ether oxygens (including phenoxy) is 2. The molecule has 246 valence electrons. The van der Waals surface area contributed by atoms with Crippen LogP contribution in [0, 0.1) is 6.92 Å². The standard InChI is InChI=1S/C37H39N7O4/c1-25-8-7-11-31-33(25)43(37(46)48-24-26-9-5-4-6-10-26)19-18-42(31)32-22-27-23-38-36(39-28-12-13-28)40-34(27)44(35(32)45)30-16-14-29(15-17-30)41(2)20-21-47-3/h4-11,14-17,22-23,28H,12-13,18-21,24H2,1-3H3,(H,38,39,40). The van der Waals surface area contributed by atoms with Crippen molar-refractivity contribution in [1.29, 1.82) is 0 Å². The number of rotatable bonds is 10. The van der Waals surface area contributed by atoms with E-state index in [4.69, 9.17) is 14.5 Å². The summed E-state index contributed by atoms with van der Waals surface area (Å²) in [5, 5.41) is 4.10. The van der Waals surface area contributed by atoms with E-state index in [-0.39, 0.29) is 12.2 Å². The molecule has 2 aliphatic rings. The summed E-state index contributed by atoms with van der Waals surface area (Å²) in [5.74, 6) is 0.505. The number of aryl methyl sites for hydroxylation is 1. The van der Waals surface area contributed by atoms with Crippen LogP contribution in [0.15, 0.2) is 89.9 Å². The summed E-state index contributed by atoms with van der Waals surface area (Å²) in [7, 11) is 3.70. The summed E-state index contributed by atoms with van der Waals surface area (Å²) < 4.78 is 12.7. The number of hydrogen-bond acceptors (Lipinski definition) is 9. The molecule has 1 saturated carbocycles. The molecule has 11 nitrogen and oxygen atoms in total. The van der Waals surface area contributed by atoms with E-state index in [0.717, 1.165) is 53.0 Å². The Labute approximate surface area is 279 Å². The quantitative estimate of drug-likeness (QED) is 0.195. The highest BCUT2D eigenvalue weighted by atomic mass is 16.6. The maximum Gasteiger partial charge on any atom is 0.414 e. The number of pyridine rings is 1. The molecule has 0 bridgehead atoms. The SMILES string of the molecule is COCCN(C)c1ccc(-n2c(=O)c(N3CCN(C(=O)OCc4ccccc4)c4c(C)cccc43)cc3cnc(NC4CC4)nc32)cc1. The summed E-state index contributed by atoms with van der Waals surface area (Å²) >= 11 is 0. The van der Waals surface area contributed by atoms with Crippen molar-refractivity contribution in [3.8, 4) is 5.69 Å². The molecule has 2 aromatic heterocycles. The second-order valence-electron chi connectivity index (χ2n) is 12.3. The molecule has 0 saturated heterocycles. The van der Waals surface area contributed by atoms with Crippen molar-refractivity contribution >= 4 is 45.8 Å². The second kappa shape index (κ2) is 13.4. The number of carbonyl (C=O) groups is 1. The number of hydrogen-bond donors (Lipinski definition) is 1. The van der Waals surface area contributed by atoms with Crippen molar-refractivity contribution < 1.29 is 14.3 Å². The van der Waals surface area contributed by atoms with Gasteiger partial charge in [0.05, 0.1) is 23.7 Å². The van der Waals surface area contributed by atoms with Gasteiger partial charge in [-0.1, -0.05) is 42.5 Å². The Morgan fingerprint density at radius 3 is 2.54 bits per heavy atom. The fourth-order valence-electron chi connectivity index (χ4n) is 6.08. The van der Waals surface area contributed by atoms with Gasteiger partial charge in [0.25, 0.3) is 5.56 Å². The number of para-hydroxylation sites is 1. The minimum Gasteiger partial charge on any atom is -0.444 e. The van der Waals surface area contributed by atoms with Gasteiger partial charge in [0, 0.05) is 57.1 Å². The Kier molecular flexibility index (Phi) is 8.68. The molecular weight excluding hydrogens is 606 g/mol. The smallest absolute Gasteiger partial charge is 0.414 e. The lowest BCUT2D eigenvalue weighted by Gasteiger charge is -2.38. The van der Waals surface area contributed by atoms with Gasteiger partial charge in [-0.2, -0.15) is 4.98 Å². The number of anilines is 5. The van der Waals surface area contributed by atoms with E-state index in [1.165, 1.54) is 0 Å². The van der Waals surface area contributed by atoms with Crippen molar-refractivity contribution in [3.63, 3.8) is 0 Å². The van der Waals surface area contributed by atoms with Crippen molar-refractivity contribution in [3.05, 3.63) is 107 Å². The summed E-state index contributed by atoms with van der Waals surface area (Å²) in [6.07, 6.45) is 3.50. The van der Waals surface area contributed by atoms with Gasteiger partial charge in [-0.3, -0.25) is 14.3 Å². The first-order valence-electron chi connectivity index (χ1n) is 16.3. The maximum atomic E-state index is 14.7. The summed E-state index contributed by atoms with van der Waals surface area (Å²) in [4.78, 5) is 43.3. The van der Waals surface area contributed by atoms with Crippen LogP contribution < -0.4 is 25.6 Å². The zero-order valence-electron chi connectivity index (χ0n) is 27.4. The number of methoxy groups -OCH3 is 1. The van der Waals surface area contributed by atoms with Gasteiger partial charge in [0.15, 0.2) is 5.65 Å². The monoisotopic (exact) mass is 645 g/mol. The van der Waals surface area contributed by atoms with Gasteiger partial charge >= 0.3 is 6.09 Å². The van der Waals surface area contributed by atoms with Crippen LogP contribution in [0.3, 0.4) is 0 Å². The third kappa shape index (κ3) is 6.28. The van der Waals surface area contributed by atoms with Gasteiger partial charge < -0.3 is 24.6 Å². The van der Waals surface area contributed by atoms with Crippen LogP contribution >= 0.6 is 0 Å². The number of likely N-dealkylation sites (N-methyl/N-ethyl adjacent to an activating group) is 1. The van der Waals surface area contributed by atoms with Crippen LogP contribution in [-0.2, 0) is 16.1 Å². The molecule has 3 heterocycles. The number of fused-ring (bicyclic) bond motifs is 2. The molecule has 1 amide bonds. The number of benzene rings is 3. The Bertz CT molecular complexity index is 1990. The van der Waals surface area contributed by atoms with E-state index in [1.54, 1.807) is 22.8 Å². The molecule has 1 aliphatic heterocycles. The second-order valence-corrected chi connectivity index (χ2v) is 12.3. The average molecular weight is 646 g/mol. The van der Waals surface area contributed by atoms with Crippen LogP contribution in [-0.4, -0.2) is 67.1 Å². The Morgan fingerprint density at radius 1 is 1.00 bits per heavy atom. The molecule has 0 unspecified atom stereocenters. The van der Waals surface area contributed by atoms with E-state index < -0.39 is 6.09 Å². The van der Waals surface area contributed by atoms with Crippen molar-refractivity contribution in [2.75, 3.05) is 60.4 Å². The van der Waals surface area contributed by atoms with E-state index in [2.05, 4.69) is 15.2 Å². The Hall–Kier alpha value is -5.42. The molecule has 1 fully saturated rings. The molecular formula is C37H39N7O4. The third-order valence-corrected chi connectivity index (χ3v) is 8.85. The van der Waals surface area contributed by atoms with Gasteiger partial charge in [0.2, 0.25) is 5.95 Å². The van der Waals surface area contributed by atoms with Gasteiger partial charge in [0.1, 0.15) is 12.3 Å². The highest BCUT2D eigenvalue weighted by molar-refractivity contribution is 5.97. The minimum absolute atomic E-state index is 0.176. The van der Waals surface area contributed by atoms with E-state index >= 15 is 0 Å². The predicted molar refractivity (Wildman–Crippen MR) is 189 cm³/mol. The van der Waals surface area contributed by atoms with Crippen LogP contribution in [0.25, 0.3) is 16.7 Å². The van der Waals surface area contributed by atoms with Crippen LogP contribution in [0.4, 0.5) is 33.5 Å². The number of aromatic nitrogens is 3. The zero-order valence-corrected chi connectivity index (χ0v) is 27.4. The summed E-state index contributed by atoms with van der Waals surface area (Å²) in [5.41, 5.74) is 5.77. The highest BCUT2D eigenvalue weighted by Crippen LogP contribution is 2.40. The first-order valence-corrected chi connectivity index (χ1v) is 16.3. The molecule has 0 spiro atoms. The largest absolute Gasteiger partial charge is 0.444 e. The predicted octanol–water partition coefficient (Wildman–Crippen LogP) is 6.04. The number of nitrogens with zero attached hydrogens (tertiary/aromatic N) is 6. The Morgan fingerprint density at radius 2 is 1.79 bits per heavy atom. The van der Waals surface area contributed by atoms with Crippen LogP contribution in [0.5, 0.6) is 0 Å². The molecule has 1 aliphatic carbocycles. The fourth-order valence-corrected chi connectivity index (χ4v) is 6.08. The van der Waals surface area contributed by atoms with Crippen molar-refractivity contribution in [2.24, 2.45) is 0 Å². The van der Waals surface area contributed by atoms with E-state index in [0.29, 0.717) is 48.7 Å². The number of carbonyl (C=O) groups excluding carboxylic acids is 1. The fraction of sp³-hybridized carbons (Fsp3) is 0.297. The lowest BCUT2D eigenvalue weighted by atomic mass is 10.1. The number of nitrogens with one attached hydrogen (secondary N) is 1. The lowest BCUT2D eigenvalue weighted by molar-refractivity contribution is 0.147. The van der Waals surface area contributed by atoms with Crippen LogP contribution in [0.2, 0.25) is 0 Å². The molecule has 0 radical (unpaired) electrons. The van der Waals surface area contributed by atoms with Gasteiger partial charge in [-0.25, -0.2) is 9.78 Å². The van der Waals surface area contributed by atoms with Gasteiger partial charge in [-0.05, 0) is 67.3 Å². The van der Waals surface area contributed by atoms with Crippen molar-refractivity contribution in [2.45, 2.75) is 32.4 Å². The first kappa shape index (κ1) is 31.2. The molecule has 3 aromatic carbocycles. The lowest BCUT2D eigenvalue weighted by Crippen LogP contribution is -2.44. The molecule has 5 aromatic rings. The van der Waals surface area contributed by atoms with Crippen LogP contribution in [0.1, 0.15) is 24.0 Å². The molecule has 0 atom stereocenters. The summed E-state index contributed by atoms with van der Waals surface area (Å²) in [6.45, 7) is 4.22. The average Bonchev–Trinajstić information content (AvgIpc) is 3.94. The summed E-state index contributed by atoms with van der Waals surface area (Å²) in [6, 6.07) is 25.6. The first-order chi connectivity index (χ1) is 23.4. The minimum atomic E-state index is -0.426. The molecule has 7 rings (SSSR count). The molecule has 1 N–H and O–H groups in total. The molecule has 11 heteroatoms. The topological polar surface area (TPSA) is 105 Å². The van der Waals surface area contributed by atoms with E-state index in [9.17, 15) is 9.59 Å².